The molecule has 0 aliphatic heterocycles. The van der Waals surface area contributed by atoms with Crippen molar-refractivity contribution in [1.82, 2.24) is 4.98 Å². The van der Waals surface area contributed by atoms with Crippen molar-refractivity contribution in [2.45, 2.75) is 13.8 Å². The van der Waals surface area contributed by atoms with Crippen LogP contribution >= 0.6 is 0 Å². The van der Waals surface area contributed by atoms with Crippen molar-refractivity contribution < 1.29 is 4.74 Å². The van der Waals surface area contributed by atoms with Crippen molar-refractivity contribution in [3.63, 3.8) is 0 Å². The van der Waals surface area contributed by atoms with E-state index in [0.717, 1.165) is 11.3 Å². The molecule has 0 spiro atoms. The highest BCUT2D eigenvalue weighted by molar-refractivity contribution is 5.26. The molecule has 0 fully saturated rings. The van der Waals surface area contributed by atoms with Gasteiger partial charge in [-0.2, -0.15) is 5.26 Å². The third-order valence-corrected chi connectivity index (χ3v) is 1.46. The Labute approximate surface area is 71.6 Å². The second-order valence-corrected chi connectivity index (χ2v) is 2.52. The fourth-order valence-corrected chi connectivity index (χ4v) is 0.849. The maximum absolute atomic E-state index is 8.28. The second-order valence-electron chi connectivity index (χ2n) is 2.52. The zero-order valence-corrected chi connectivity index (χ0v) is 7.16. The van der Waals surface area contributed by atoms with Gasteiger partial charge in [-0.3, -0.25) is 0 Å². The molecule has 0 aliphatic rings. The van der Waals surface area contributed by atoms with Crippen molar-refractivity contribution in [2.24, 2.45) is 0 Å². The van der Waals surface area contributed by atoms with Crippen LogP contribution in [0.2, 0.25) is 0 Å². The van der Waals surface area contributed by atoms with Gasteiger partial charge in [-0.1, -0.05) is 6.07 Å². The summed E-state index contributed by atoms with van der Waals surface area (Å²) in [6.07, 6.45) is 0. The summed E-state index contributed by atoms with van der Waals surface area (Å²) in [6, 6.07) is 5.74. The number of nitriles is 1. The van der Waals surface area contributed by atoms with E-state index in [-0.39, 0.29) is 6.61 Å². The van der Waals surface area contributed by atoms with Crippen LogP contribution in [0.25, 0.3) is 0 Å². The fourth-order valence-electron chi connectivity index (χ4n) is 0.849. The van der Waals surface area contributed by atoms with Gasteiger partial charge in [-0.25, -0.2) is 4.98 Å². The average Bonchev–Trinajstić information content (AvgIpc) is 2.07. The SMILES string of the molecule is Cc1ccc(C)c(OCC#N)n1. The minimum Gasteiger partial charge on any atom is -0.462 e. The quantitative estimate of drug-likeness (QED) is 0.663. The van der Waals surface area contributed by atoms with E-state index in [4.69, 9.17) is 10.00 Å². The fraction of sp³-hybridized carbons (Fsp3) is 0.333. The van der Waals surface area contributed by atoms with Gasteiger partial charge < -0.3 is 4.74 Å². The summed E-state index contributed by atoms with van der Waals surface area (Å²) in [4.78, 5) is 4.14. The molecule has 0 radical (unpaired) electrons. The van der Waals surface area contributed by atoms with Crippen LogP contribution in [0, 0.1) is 25.2 Å². The monoisotopic (exact) mass is 162 g/mol. The predicted octanol–water partition coefficient (Wildman–Crippen LogP) is 1.60. The molecule has 0 bridgehead atoms. The Hall–Kier alpha value is -1.56. The molecule has 0 saturated heterocycles. The lowest BCUT2D eigenvalue weighted by Crippen LogP contribution is -1.98. The molecule has 1 aromatic rings. The van der Waals surface area contributed by atoms with E-state index < -0.39 is 0 Å². The lowest BCUT2D eigenvalue weighted by Gasteiger charge is -2.04. The van der Waals surface area contributed by atoms with Crippen LogP contribution in [0.4, 0.5) is 0 Å². The van der Waals surface area contributed by atoms with Crippen molar-refractivity contribution in [2.75, 3.05) is 6.61 Å². The number of aromatic nitrogens is 1. The number of aryl methyl sites for hydroxylation is 2. The van der Waals surface area contributed by atoms with Crippen LogP contribution in [-0.4, -0.2) is 11.6 Å². The smallest absolute Gasteiger partial charge is 0.217 e. The average molecular weight is 162 g/mol. The van der Waals surface area contributed by atoms with Gasteiger partial charge in [-0.05, 0) is 19.9 Å². The molecular formula is C9H10N2O. The Bertz CT molecular complexity index is 315. The highest BCUT2D eigenvalue weighted by atomic mass is 16.5. The molecule has 0 aliphatic carbocycles. The van der Waals surface area contributed by atoms with E-state index in [1.54, 1.807) is 0 Å². The minimum atomic E-state index is 0.0529. The minimum absolute atomic E-state index is 0.0529. The third kappa shape index (κ3) is 1.96. The number of hydrogen-bond donors (Lipinski definition) is 0. The van der Waals surface area contributed by atoms with Gasteiger partial charge in [0.05, 0.1) is 0 Å². The first-order valence-corrected chi connectivity index (χ1v) is 3.68. The molecule has 3 heteroatoms. The van der Waals surface area contributed by atoms with Crippen molar-refractivity contribution >= 4 is 0 Å². The maximum Gasteiger partial charge on any atom is 0.217 e. The third-order valence-electron chi connectivity index (χ3n) is 1.46. The molecule has 1 heterocycles. The molecule has 0 amide bonds. The molecule has 3 nitrogen and oxygen atoms in total. The van der Waals surface area contributed by atoms with Gasteiger partial charge in [0.1, 0.15) is 6.07 Å². The Morgan fingerprint density at radius 2 is 2.25 bits per heavy atom. The number of ether oxygens (including phenoxy) is 1. The Morgan fingerprint density at radius 1 is 1.50 bits per heavy atom. The Kier molecular flexibility index (Phi) is 2.65. The summed E-state index contributed by atoms with van der Waals surface area (Å²) in [6.45, 7) is 3.84. The zero-order valence-electron chi connectivity index (χ0n) is 7.16. The molecule has 0 saturated carbocycles. The van der Waals surface area contributed by atoms with E-state index in [1.807, 2.05) is 32.0 Å². The van der Waals surface area contributed by atoms with Crippen molar-refractivity contribution in [3.8, 4) is 11.9 Å². The van der Waals surface area contributed by atoms with Gasteiger partial charge in [0.2, 0.25) is 5.88 Å². The van der Waals surface area contributed by atoms with Crippen LogP contribution in [0.5, 0.6) is 5.88 Å². The zero-order chi connectivity index (χ0) is 8.97. The van der Waals surface area contributed by atoms with Crippen LogP contribution in [-0.2, 0) is 0 Å². The standard InChI is InChI=1S/C9H10N2O/c1-7-3-4-8(2)11-9(7)12-6-5-10/h3-4H,6H2,1-2H3. The summed E-state index contributed by atoms with van der Waals surface area (Å²) >= 11 is 0. The summed E-state index contributed by atoms with van der Waals surface area (Å²) < 4.78 is 5.09. The Balaban J connectivity index is 2.84. The van der Waals surface area contributed by atoms with Gasteiger partial charge in [-0.15, -0.1) is 0 Å². The van der Waals surface area contributed by atoms with E-state index in [1.165, 1.54) is 0 Å². The number of rotatable bonds is 2. The van der Waals surface area contributed by atoms with Gasteiger partial charge in [0.25, 0.3) is 0 Å². The summed E-state index contributed by atoms with van der Waals surface area (Å²) in [5, 5.41) is 8.28. The van der Waals surface area contributed by atoms with Gasteiger partial charge >= 0.3 is 0 Å². The first-order valence-electron chi connectivity index (χ1n) is 3.68. The van der Waals surface area contributed by atoms with Crippen molar-refractivity contribution in [3.05, 3.63) is 23.4 Å². The molecule has 0 aromatic carbocycles. The Morgan fingerprint density at radius 3 is 2.92 bits per heavy atom. The molecule has 0 atom stereocenters. The molecule has 0 N–H and O–H groups in total. The number of hydrogen-bond acceptors (Lipinski definition) is 3. The number of pyridine rings is 1. The molecular weight excluding hydrogens is 152 g/mol. The molecule has 0 unspecified atom stereocenters. The van der Waals surface area contributed by atoms with Crippen LogP contribution in [0.1, 0.15) is 11.3 Å². The van der Waals surface area contributed by atoms with Crippen LogP contribution < -0.4 is 4.74 Å². The second kappa shape index (κ2) is 3.72. The maximum atomic E-state index is 8.28. The molecule has 1 aromatic heterocycles. The summed E-state index contributed by atoms with van der Waals surface area (Å²) in [5.41, 5.74) is 1.85. The predicted molar refractivity (Wildman–Crippen MR) is 44.8 cm³/mol. The highest BCUT2D eigenvalue weighted by Crippen LogP contribution is 2.13. The summed E-state index contributed by atoms with van der Waals surface area (Å²) in [7, 11) is 0. The van der Waals surface area contributed by atoms with Gasteiger partial charge in [0.15, 0.2) is 6.61 Å². The van der Waals surface area contributed by atoms with E-state index in [9.17, 15) is 0 Å². The number of nitrogens with zero attached hydrogens (tertiary/aromatic N) is 2. The van der Waals surface area contributed by atoms with Crippen LogP contribution in [0.15, 0.2) is 12.1 Å². The molecule has 1 rings (SSSR count). The topological polar surface area (TPSA) is 45.9 Å². The van der Waals surface area contributed by atoms with Gasteiger partial charge in [0, 0.05) is 11.3 Å². The van der Waals surface area contributed by atoms with Crippen molar-refractivity contribution in [1.29, 1.82) is 5.26 Å². The normalized spacial score (nSPS) is 9.08. The first kappa shape index (κ1) is 8.54. The first-order chi connectivity index (χ1) is 5.74. The molecule has 12 heavy (non-hydrogen) atoms. The lowest BCUT2D eigenvalue weighted by molar-refractivity contribution is 0.350. The highest BCUT2D eigenvalue weighted by Gasteiger charge is 1.99. The lowest BCUT2D eigenvalue weighted by atomic mass is 10.3. The van der Waals surface area contributed by atoms with E-state index in [0.29, 0.717) is 5.88 Å². The largest absolute Gasteiger partial charge is 0.462 e. The summed E-state index contributed by atoms with van der Waals surface area (Å²) in [5.74, 6) is 0.552. The van der Waals surface area contributed by atoms with E-state index in [2.05, 4.69) is 4.98 Å². The van der Waals surface area contributed by atoms with E-state index >= 15 is 0 Å². The van der Waals surface area contributed by atoms with Crippen LogP contribution in [0.3, 0.4) is 0 Å². The molecule has 62 valence electrons.